The predicted molar refractivity (Wildman–Crippen MR) is 118 cm³/mol. The molecule has 0 aliphatic carbocycles. The topological polar surface area (TPSA) is 53.8 Å². The smallest absolute Gasteiger partial charge is 0.290 e. The summed E-state index contributed by atoms with van der Waals surface area (Å²) in [4.78, 5) is 30.9. The number of aryl methyl sites for hydroxylation is 1. The van der Waals surface area contributed by atoms with Crippen LogP contribution in [0.25, 0.3) is 0 Å². The van der Waals surface area contributed by atoms with Gasteiger partial charge in [-0.3, -0.25) is 9.59 Å². The minimum atomic E-state index is -0.312. The van der Waals surface area contributed by atoms with E-state index in [9.17, 15) is 9.59 Å². The summed E-state index contributed by atoms with van der Waals surface area (Å²) in [5.74, 6) is -0.175. The van der Waals surface area contributed by atoms with Crippen LogP contribution in [0.3, 0.4) is 0 Å². The lowest BCUT2D eigenvalue weighted by atomic mass is 9.92. The van der Waals surface area contributed by atoms with E-state index >= 15 is 0 Å². The molecule has 0 spiro atoms. The van der Waals surface area contributed by atoms with Gasteiger partial charge >= 0.3 is 0 Å². The third-order valence-electron chi connectivity index (χ3n) is 5.37. The van der Waals surface area contributed by atoms with Gasteiger partial charge < -0.3 is 14.2 Å². The molecular formula is C24H24N2O3S. The summed E-state index contributed by atoms with van der Waals surface area (Å²) >= 11 is 1.74. The van der Waals surface area contributed by atoms with Crippen molar-refractivity contribution in [2.24, 2.45) is 0 Å². The molecule has 3 heterocycles. The summed E-state index contributed by atoms with van der Waals surface area (Å²) in [6, 6.07) is 13.6. The molecule has 1 atom stereocenters. The Labute approximate surface area is 180 Å². The van der Waals surface area contributed by atoms with Crippen molar-refractivity contribution < 1.29 is 14.0 Å². The molecule has 5 nitrogen and oxygen atoms in total. The number of carbonyl (C=O) groups is 2. The van der Waals surface area contributed by atoms with Crippen LogP contribution in [-0.2, 0) is 11.2 Å². The molecule has 154 valence electrons. The molecule has 1 aromatic carbocycles. The third-order valence-corrected chi connectivity index (χ3v) is 6.37. The van der Waals surface area contributed by atoms with E-state index in [1.54, 1.807) is 29.5 Å². The van der Waals surface area contributed by atoms with Crippen molar-refractivity contribution in [2.75, 3.05) is 19.6 Å². The van der Waals surface area contributed by atoms with Gasteiger partial charge in [0.05, 0.1) is 12.3 Å². The molecule has 4 rings (SSSR count). The Bertz CT molecular complexity index is 1040. The fourth-order valence-electron chi connectivity index (χ4n) is 3.88. The highest BCUT2D eigenvalue weighted by atomic mass is 32.1. The highest BCUT2D eigenvalue weighted by Crippen LogP contribution is 2.38. The van der Waals surface area contributed by atoms with E-state index in [2.05, 4.69) is 49.2 Å². The Kier molecular flexibility index (Phi) is 5.86. The summed E-state index contributed by atoms with van der Waals surface area (Å²) in [6.07, 6.45) is 3.91. The van der Waals surface area contributed by atoms with E-state index in [0.29, 0.717) is 6.54 Å². The first-order valence-electron chi connectivity index (χ1n) is 9.94. The normalized spacial score (nSPS) is 15.5. The number of thiophene rings is 1. The van der Waals surface area contributed by atoms with Crippen LogP contribution in [0.1, 0.15) is 38.2 Å². The largest absolute Gasteiger partial charge is 0.459 e. The van der Waals surface area contributed by atoms with Gasteiger partial charge in [0.25, 0.3) is 5.91 Å². The Morgan fingerprint density at radius 1 is 1.27 bits per heavy atom. The van der Waals surface area contributed by atoms with Crippen LogP contribution in [-0.4, -0.2) is 41.2 Å². The number of nitrogens with zero attached hydrogens (tertiary/aromatic N) is 2. The second-order valence-corrected chi connectivity index (χ2v) is 8.40. The zero-order valence-corrected chi connectivity index (χ0v) is 17.7. The summed E-state index contributed by atoms with van der Waals surface area (Å²) < 4.78 is 5.24. The van der Waals surface area contributed by atoms with Gasteiger partial charge in [-0.1, -0.05) is 35.9 Å². The fraction of sp³-hybridized carbons (Fsp3) is 0.250. The molecule has 3 aromatic rings. The van der Waals surface area contributed by atoms with E-state index in [1.165, 1.54) is 27.2 Å². The van der Waals surface area contributed by atoms with Crippen LogP contribution < -0.4 is 0 Å². The average molecular weight is 421 g/mol. The van der Waals surface area contributed by atoms with Gasteiger partial charge in [0.2, 0.25) is 5.91 Å². The van der Waals surface area contributed by atoms with Crippen molar-refractivity contribution in [3.05, 3.63) is 94.1 Å². The molecule has 0 fully saturated rings. The van der Waals surface area contributed by atoms with Crippen molar-refractivity contribution >= 4 is 23.2 Å². The van der Waals surface area contributed by atoms with Gasteiger partial charge in [0.15, 0.2) is 5.76 Å². The quantitative estimate of drug-likeness (QED) is 0.554. The molecular weight excluding hydrogens is 396 g/mol. The Balaban J connectivity index is 1.61. The lowest BCUT2D eigenvalue weighted by molar-refractivity contribution is -0.133. The number of hydrogen-bond acceptors (Lipinski definition) is 4. The highest BCUT2D eigenvalue weighted by Gasteiger charge is 2.34. The van der Waals surface area contributed by atoms with Gasteiger partial charge in [0.1, 0.15) is 6.54 Å². The zero-order chi connectivity index (χ0) is 21.1. The molecule has 0 N–H and O–H groups in total. The molecule has 30 heavy (non-hydrogen) atoms. The highest BCUT2D eigenvalue weighted by molar-refractivity contribution is 7.10. The van der Waals surface area contributed by atoms with Crippen LogP contribution in [0.15, 0.2) is 71.2 Å². The van der Waals surface area contributed by atoms with Crippen molar-refractivity contribution in [1.29, 1.82) is 0 Å². The van der Waals surface area contributed by atoms with Gasteiger partial charge in [-0.25, -0.2) is 0 Å². The summed E-state index contributed by atoms with van der Waals surface area (Å²) in [6.45, 7) is 6.66. The molecule has 0 saturated heterocycles. The number of carbonyl (C=O) groups excluding carboxylic acids is 2. The number of hydrogen-bond donors (Lipinski definition) is 0. The van der Waals surface area contributed by atoms with Crippen LogP contribution in [0.2, 0.25) is 0 Å². The molecule has 1 aliphatic rings. The molecule has 0 unspecified atom stereocenters. The molecule has 2 amide bonds. The van der Waals surface area contributed by atoms with E-state index in [0.717, 1.165) is 12.0 Å². The first-order chi connectivity index (χ1) is 14.6. The van der Waals surface area contributed by atoms with Crippen LogP contribution in [0, 0.1) is 6.92 Å². The van der Waals surface area contributed by atoms with Crippen molar-refractivity contribution in [2.45, 2.75) is 19.4 Å². The van der Waals surface area contributed by atoms with Crippen molar-refractivity contribution in [1.82, 2.24) is 9.80 Å². The first kappa shape index (κ1) is 20.2. The molecule has 0 radical (unpaired) electrons. The summed E-state index contributed by atoms with van der Waals surface area (Å²) in [5.41, 5.74) is 3.44. The molecule has 6 heteroatoms. The Morgan fingerprint density at radius 2 is 2.07 bits per heavy atom. The summed E-state index contributed by atoms with van der Waals surface area (Å²) in [5, 5.41) is 2.09. The lowest BCUT2D eigenvalue weighted by Gasteiger charge is -2.37. The number of amides is 2. The minimum absolute atomic E-state index is 0.0205. The lowest BCUT2D eigenvalue weighted by Crippen LogP contribution is -2.46. The SMILES string of the molecule is C=CCN(CC(=O)N1CCc2sccc2[C@H]1c1ccc(C)cc1)C(=O)c1ccco1. The van der Waals surface area contributed by atoms with Gasteiger partial charge in [-0.2, -0.15) is 0 Å². The molecule has 1 aliphatic heterocycles. The average Bonchev–Trinajstić information content (AvgIpc) is 3.44. The monoisotopic (exact) mass is 420 g/mol. The first-order valence-corrected chi connectivity index (χ1v) is 10.8. The second kappa shape index (κ2) is 8.71. The van der Waals surface area contributed by atoms with E-state index < -0.39 is 0 Å². The van der Waals surface area contributed by atoms with Gasteiger partial charge in [-0.05, 0) is 48.1 Å². The Hall–Kier alpha value is -3.12. The van der Waals surface area contributed by atoms with Gasteiger partial charge in [-0.15, -0.1) is 17.9 Å². The third kappa shape index (κ3) is 3.96. The van der Waals surface area contributed by atoms with E-state index in [-0.39, 0.29) is 36.7 Å². The maximum Gasteiger partial charge on any atom is 0.290 e. The Morgan fingerprint density at radius 3 is 2.77 bits per heavy atom. The number of benzene rings is 1. The maximum absolute atomic E-state index is 13.4. The standard InChI is InChI=1S/C24H24N2O3S/c1-3-12-25(24(28)20-5-4-14-29-20)16-22(27)26-13-10-21-19(11-15-30-21)23(26)18-8-6-17(2)7-9-18/h3-9,11,14-15,23H,1,10,12-13,16H2,2H3/t23-/m1/s1. The number of rotatable bonds is 6. The van der Waals surface area contributed by atoms with Crippen molar-refractivity contribution in [3.8, 4) is 0 Å². The van der Waals surface area contributed by atoms with Crippen LogP contribution in [0.4, 0.5) is 0 Å². The van der Waals surface area contributed by atoms with E-state index in [4.69, 9.17) is 4.42 Å². The van der Waals surface area contributed by atoms with Crippen molar-refractivity contribution in [3.63, 3.8) is 0 Å². The zero-order valence-electron chi connectivity index (χ0n) is 16.9. The summed E-state index contributed by atoms with van der Waals surface area (Å²) in [7, 11) is 0. The van der Waals surface area contributed by atoms with Gasteiger partial charge in [0, 0.05) is 18.0 Å². The number of fused-ring (bicyclic) bond motifs is 1. The predicted octanol–water partition coefficient (Wildman–Crippen LogP) is 4.45. The molecule has 2 aromatic heterocycles. The maximum atomic E-state index is 13.4. The molecule has 0 bridgehead atoms. The fourth-order valence-corrected chi connectivity index (χ4v) is 4.78. The van der Waals surface area contributed by atoms with E-state index in [1.807, 2.05) is 4.90 Å². The minimum Gasteiger partial charge on any atom is -0.459 e. The van der Waals surface area contributed by atoms with Crippen LogP contribution in [0.5, 0.6) is 0 Å². The second-order valence-electron chi connectivity index (χ2n) is 7.40. The van der Waals surface area contributed by atoms with Crippen LogP contribution >= 0.6 is 11.3 Å². The number of furan rings is 1. The molecule has 0 saturated carbocycles.